The van der Waals surface area contributed by atoms with Crippen molar-refractivity contribution in [1.82, 2.24) is 0 Å². The Morgan fingerprint density at radius 3 is 2.45 bits per heavy atom. The van der Waals surface area contributed by atoms with E-state index in [0.717, 1.165) is 5.56 Å². The van der Waals surface area contributed by atoms with Crippen LogP contribution in [-0.4, -0.2) is 26.7 Å². The fraction of sp³-hybridized carbons (Fsp3) is 0.235. The minimum Gasteiger partial charge on any atom is -0.497 e. The van der Waals surface area contributed by atoms with E-state index in [1.54, 1.807) is 24.3 Å². The van der Waals surface area contributed by atoms with E-state index >= 15 is 0 Å². The van der Waals surface area contributed by atoms with Crippen LogP contribution in [0.15, 0.2) is 36.4 Å². The van der Waals surface area contributed by atoms with Gasteiger partial charge >= 0.3 is 0 Å². The summed E-state index contributed by atoms with van der Waals surface area (Å²) in [6.07, 6.45) is 0.653. The summed E-state index contributed by atoms with van der Waals surface area (Å²) in [6, 6.07) is 9.83. The largest absolute Gasteiger partial charge is 0.497 e. The second-order valence-electron chi connectivity index (χ2n) is 5.06. The van der Waals surface area contributed by atoms with Gasteiger partial charge in [-0.1, -0.05) is 12.1 Å². The van der Waals surface area contributed by atoms with Gasteiger partial charge in [-0.3, -0.25) is 4.79 Å². The predicted octanol–water partition coefficient (Wildman–Crippen LogP) is 3.05. The first kappa shape index (κ1) is 14.4. The van der Waals surface area contributed by atoms with E-state index < -0.39 is 0 Å². The highest BCUT2D eigenvalue weighted by Crippen LogP contribution is 2.33. The molecule has 114 valence electrons. The van der Waals surface area contributed by atoms with Gasteiger partial charge in [0.1, 0.15) is 17.3 Å². The molecule has 0 unspecified atom stereocenters. The molecule has 5 heteroatoms. The lowest BCUT2D eigenvalue weighted by Crippen LogP contribution is -2.29. The molecule has 3 rings (SSSR count). The molecule has 1 heterocycles. The van der Waals surface area contributed by atoms with Crippen LogP contribution in [0.3, 0.4) is 0 Å². The lowest BCUT2D eigenvalue weighted by Gasteiger charge is -2.18. The van der Waals surface area contributed by atoms with Crippen molar-refractivity contribution in [2.75, 3.05) is 25.7 Å². The zero-order valence-corrected chi connectivity index (χ0v) is 12.4. The number of nitrogens with zero attached hydrogens (tertiary/aromatic N) is 1. The van der Waals surface area contributed by atoms with Gasteiger partial charge in [-0.05, 0) is 30.2 Å². The highest BCUT2D eigenvalue weighted by molar-refractivity contribution is 6.07. The number of halogens is 1. The van der Waals surface area contributed by atoms with E-state index in [1.165, 1.54) is 25.2 Å². The maximum absolute atomic E-state index is 14.1. The standard InChI is InChI=1S/C17H16FNO3/c1-21-13-8-12(9-14(10-13)22-2)17(20)19-7-6-11-4-3-5-15(18)16(11)19/h3-5,8-10H,6-7H2,1-2H3. The first-order chi connectivity index (χ1) is 10.6. The third kappa shape index (κ3) is 2.39. The lowest BCUT2D eigenvalue weighted by atomic mass is 10.1. The molecule has 1 amide bonds. The molecule has 0 radical (unpaired) electrons. The molecule has 0 spiro atoms. The van der Waals surface area contributed by atoms with Gasteiger partial charge < -0.3 is 14.4 Å². The quantitative estimate of drug-likeness (QED) is 0.874. The average molecular weight is 301 g/mol. The number of carbonyl (C=O) groups is 1. The second-order valence-corrected chi connectivity index (χ2v) is 5.06. The number of amides is 1. The van der Waals surface area contributed by atoms with Crippen molar-refractivity contribution in [1.29, 1.82) is 0 Å². The van der Waals surface area contributed by atoms with E-state index in [-0.39, 0.29) is 11.7 Å². The Kier molecular flexibility index (Phi) is 3.71. The zero-order valence-electron chi connectivity index (χ0n) is 12.4. The second kappa shape index (κ2) is 5.67. The Morgan fingerprint density at radius 1 is 1.14 bits per heavy atom. The number of hydrogen-bond acceptors (Lipinski definition) is 3. The molecule has 0 N–H and O–H groups in total. The van der Waals surface area contributed by atoms with Gasteiger partial charge in [0.05, 0.1) is 19.9 Å². The third-order valence-electron chi connectivity index (χ3n) is 3.79. The highest BCUT2D eigenvalue weighted by atomic mass is 19.1. The van der Waals surface area contributed by atoms with Gasteiger partial charge in [0.15, 0.2) is 0 Å². The van der Waals surface area contributed by atoms with E-state index in [9.17, 15) is 9.18 Å². The molecule has 1 aliphatic rings. The molecular weight excluding hydrogens is 285 g/mol. The van der Waals surface area contributed by atoms with Crippen molar-refractivity contribution in [3.05, 3.63) is 53.3 Å². The van der Waals surface area contributed by atoms with Gasteiger partial charge in [-0.15, -0.1) is 0 Å². The summed E-state index contributed by atoms with van der Waals surface area (Å²) in [6.45, 7) is 0.467. The molecule has 2 aromatic carbocycles. The Balaban J connectivity index is 2.00. The third-order valence-corrected chi connectivity index (χ3v) is 3.79. The molecule has 0 bridgehead atoms. The van der Waals surface area contributed by atoms with Crippen LogP contribution in [0.4, 0.5) is 10.1 Å². The molecule has 1 aliphatic heterocycles. The molecule has 0 aliphatic carbocycles. The molecule has 22 heavy (non-hydrogen) atoms. The number of ether oxygens (including phenoxy) is 2. The minimum atomic E-state index is -0.377. The SMILES string of the molecule is COc1cc(OC)cc(C(=O)N2CCc3cccc(F)c32)c1. The minimum absolute atomic E-state index is 0.263. The number of para-hydroxylation sites is 1. The summed E-state index contributed by atoms with van der Waals surface area (Å²) < 4.78 is 24.4. The van der Waals surface area contributed by atoms with Gasteiger partial charge in [-0.2, -0.15) is 0 Å². The van der Waals surface area contributed by atoms with Crippen LogP contribution in [0.25, 0.3) is 0 Å². The number of anilines is 1. The number of hydrogen-bond donors (Lipinski definition) is 0. The monoisotopic (exact) mass is 301 g/mol. The Labute approximate surface area is 128 Å². The summed E-state index contributed by atoms with van der Waals surface area (Å²) in [4.78, 5) is 14.2. The zero-order chi connectivity index (χ0) is 15.7. The van der Waals surface area contributed by atoms with E-state index in [1.807, 2.05) is 6.07 Å². The number of methoxy groups -OCH3 is 2. The number of carbonyl (C=O) groups excluding carboxylic acids is 1. The summed E-state index contributed by atoms with van der Waals surface area (Å²) in [5.41, 5.74) is 1.63. The van der Waals surface area contributed by atoms with Crippen LogP contribution >= 0.6 is 0 Å². The number of benzene rings is 2. The molecule has 2 aromatic rings. The first-order valence-electron chi connectivity index (χ1n) is 6.96. The smallest absolute Gasteiger partial charge is 0.258 e. The van der Waals surface area contributed by atoms with Crippen LogP contribution in [0.1, 0.15) is 15.9 Å². The summed E-state index contributed by atoms with van der Waals surface area (Å²) >= 11 is 0. The molecule has 0 aromatic heterocycles. The predicted molar refractivity (Wildman–Crippen MR) is 81.3 cm³/mol. The van der Waals surface area contributed by atoms with Gasteiger partial charge in [0, 0.05) is 18.2 Å². The number of rotatable bonds is 3. The van der Waals surface area contributed by atoms with Crippen molar-refractivity contribution in [2.24, 2.45) is 0 Å². The number of fused-ring (bicyclic) bond motifs is 1. The normalized spacial score (nSPS) is 13.0. The Morgan fingerprint density at radius 2 is 1.82 bits per heavy atom. The van der Waals surface area contributed by atoms with Crippen molar-refractivity contribution < 1.29 is 18.7 Å². The maximum atomic E-state index is 14.1. The molecule has 0 fully saturated rings. The van der Waals surface area contributed by atoms with Crippen LogP contribution in [0, 0.1) is 5.82 Å². The van der Waals surface area contributed by atoms with Gasteiger partial charge in [-0.25, -0.2) is 4.39 Å². The maximum Gasteiger partial charge on any atom is 0.258 e. The summed E-state index contributed by atoms with van der Waals surface area (Å²) in [5, 5.41) is 0. The summed E-state index contributed by atoms with van der Waals surface area (Å²) in [7, 11) is 3.04. The molecule has 0 saturated carbocycles. The van der Waals surface area contributed by atoms with E-state index in [4.69, 9.17) is 9.47 Å². The topological polar surface area (TPSA) is 38.8 Å². The fourth-order valence-electron chi connectivity index (χ4n) is 2.70. The fourth-order valence-corrected chi connectivity index (χ4v) is 2.70. The van der Waals surface area contributed by atoms with Crippen LogP contribution in [-0.2, 0) is 6.42 Å². The van der Waals surface area contributed by atoms with Crippen molar-refractivity contribution in [3.63, 3.8) is 0 Å². The lowest BCUT2D eigenvalue weighted by molar-refractivity contribution is 0.0988. The van der Waals surface area contributed by atoms with Crippen LogP contribution < -0.4 is 14.4 Å². The van der Waals surface area contributed by atoms with Gasteiger partial charge in [0.2, 0.25) is 0 Å². The first-order valence-corrected chi connectivity index (χ1v) is 6.96. The van der Waals surface area contributed by atoms with E-state index in [0.29, 0.717) is 35.7 Å². The van der Waals surface area contributed by atoms with Crippen molar-refractivity contribution in [3.8, 4) is 11.5 Å². The molecule has 4 nitrogen and oxygen atoms in total. The highest BCUT2D eigenvalue weighted by Gasteiger charge is 2.28. The molecule has 0 atom stereocenters. The van der Waals surface area contributed by atoms with Crippen molar-refractivity contribution >= 4 is 11.6 Å². The average Bonchev–Trinajstić information content (AvgIpc) is 2.99. The Hall–Kier alpha value is -2.56. The summed E-state index contributed by atoms with van der Waals surface area (Å²) in [5.74, 6) is 0.408. The Bertz CT molecular complexity index is 708. The van der Waals surface area contributed by atoms with Crippen molar-refractivity contribution in [2.45, 2.75) is 6.42 Å². The van der Waals surface area contributed by atoms with Crippen LogP contribution in [0.2, 0.25) is 0 Å². The molecular formula is C17H16FNO3. The van der Waals surface area contributed by atoms with Crippen LogP contribution in [0.5, 0.6) is 11.5 Å². The van der Waals surface area contributed by atoms with Gasteiger partial charge in [0.25, 0.3) is 5.91 Å². The van der Waals surface area contributed by atoms with E-state index in [2.05, 4.69) is 0 Å². The molecule has 0 saturated heterocycles.